The molecule has 0 bridgehead atoms. The standard InChI is InChI=1S/C25H24N2O5S/c1-13-8-9-17-16(11-19(28)32-21(17)14(13)2)12-31-25(30)22-15(3)20-23(33-22)26-18-7-5-4-6-10-27(18)24(20)29/h8-9,11H,4-7,10,12H2,1-3H3. The first-order valence-electron chi connectivity index (χ1n) is 11.1. The quantitative estimate of drug-likeness (QED) is 0.326. The Hall–Kier alpha value is -3.26. The lowest BCUT2D eigenvalue weighted by atomic mass is 10.0. The van der Waals surface area contributed by atoms with E-state index in [2.05, 4.69) is 0 Å². The number of nitrogens with zero attached hydrogens (tertiary/aromatic N) is 2. The highest BCUT2D eigenvalue weighted by molar-refractivity contribution is 7.20. The van der Waals surface area contributed by atoms with Crippen molar-refractivity contribution < 1.29 is 13.9 Å². The number of benzene rings is 1. The van der Waals surface area contributed by atoms with Gasteiger partial charge in [-0.1, -0.05) is 18.6 Å². The van der Waals surface area contributed by atoms with Gasteiger partial charge in [0.15, 0.2) is 0 Å². The predicted molar refractivity (Wildman–Crippen MR) is 127 cm³/mol. The van der Waals surface area contributed by atoms with Gasteiger partial charge in [-0.25, -0.2) is 14.6 Å². The van der Waals surface area contributed by atoms with Crippen LogP contribution in [-0.4, -0.2) is 15.5 Å². The molecule has 33 heavy (non-hydrogen) atoms. The number of hydrogen-bond donors (Lipinski definition) is 0. The van der Waals surface area contributed by atoms with E-state index >= 15 is 0 Å². The first-order chi connectivity index (χ1) is 15.8. The molecule has 0 unspecified atom stereocenters. The zero-order chi connectivity index (χ0) is 23.3. The van der Waals surface area contributed by atoms with Crippen LogP contribution in [0.1, 0.15) is 57.0 Å². The monoisotopic (exact) mass is 464 g/mol. The van der Waals surface area contributed by atoms with Gasteiger partial charge in [0.05, 0.1) is 5.39 Å². The van der Waals surface area contributed by atoms with E-state index in [0.29, 0.717) is 38.3 Å². The van der Waals surface area contributed by atoms with Crippen LogP contribution in [0.3, 0.4) is 0 Å². The van der Waals surface area contributed by atoms with Crippen molar-refractivity contribution in [3.8, 4) is 0 Å². The maximum atomic E-state index is 13.1. The lowest BCUT2D eigenvalue weighted by Gasteiger charge is -2.09. The van der Waals surface area contributed by atoms with Crippen molar-refractivity contribution in [1.29, 1.82) is 0 Å². The molecule has 7 nitrogen and oxygen atoms in total. The third-order valence-electron chi connectivity index (χ3n) is 6.47. The molecular weight excluding hydrogens is 440 g/mol. The number of aryl methyl sites for hydroxylation is 4. The second kappa shape index (κ2) is 8.26. The third kappa shape index (κ3) is 3.68. The number of thiophene rings is 1. The van der Waals surface area contributed by atoms with Gasteiger partial charge in [0.2, 0.25) is 0 Å². The van der Waals surface area contributed by atoms with Crippen LogP contribution in [0.4, 0.5) is 0 Å². The second-order valence-corrected chi connectivity index (χ2v) is 9.58. The Morgan fingerprint density at radius 2 is 1.97 bits per heavy atom. The number of ether oxygens (including phenoxy) is 1. The molecular formula is C25H24N2O5S. The van der Waals surface area contributed by atoms with E-state index in [1.54, 1.807) is 11.5 Å². The van der Waals surface area contributed by atoms with Gasteiger partial charge in [-0.15, -0.1) is 11.3 Å². The van der Waals surface area contributed by atoms with Crippen molar-refractivity contribution in [3.63, 3.8) is 0 Å². The molecule has 1 aliphatic rings. The molecule has 0 radical (unpaired) electrons. The summed E-state index contributed by atoms with van der Waals surface area (Å²) in [5.41, 5.74) is 3.01. The van der Waals surface area contributed by atoms with Crippen molar-refractivity contribution >= 4 is 38.5 Å². The Labute approximate surface area is 193 Å². The molecule has 0 aliphatic carbocycles. The van der Waals surface area contributed by atoms with Gasteiger partial charge in [-0.05, 0) is 50.3 Å². The van der Waals surface area contributed by atoms with Gasteiger partial charge >= 0.3 is 11.6 Å². The largest absolute Gasteiger partial charge is 0.457 e. The summed E-state index contributed by atoms with van der Waals surface area (Å²) in [6, 6.07) is 5.17. The van der Waals surface area contributed by atoms with Gasteiger partial charge in [0.25, 0.3) is 5.56 Å². The summed E-state index contributed by atoms with van der Waals surface area (Å²) in [6.45, 7) is 6.20. The Bertz CT molecular complexity index is 1540. The molecule has 170 valence electrons. The Morgan fingerprint density at radius 1 is 1.15 bits per heavy atom. The van der Waals surface area contributed by atoms with Gasteiger partial charge < -0.3 is 9.15 Å². The number of rotatable bonds is 3. The van der Waals surface area contributed by atoms with E-state index in [4.69, 9.17) is 14.1 Å². The number of esters is 1. The molecule has 0 fully saturated rings. The molecule has 0 atom stereocenters. The van der Waals surface area contributed by atoms with Crippen LogP contribution in [0.5, 0.6) is 0 Å². The molecule has 0 N–H and O–H groups in total. The molecule has 1 aliphatic heterocycles. The highest BCUT2D eigenvalue weighted by atomic mass is 32.1. The molecule has 5 rings (SSSR count). The molecule has 0 saturated heterocycles. The van der Waals surface area contributed by atoms with Crippen molar-refractivity contribution in [2.45, 2.75) is 59.6 Å². The van der Waals surface area contributed by atoms with Crippen LogP contribution >= 0.6 is 11.3 Å². The maximum Gasteiger partial charge on any atom is 0.349 e. The molecule has 4 heterocycles. The van der Waals surface area contributed by atoms with Gasteiger partial charge in [-0.2, -0.15) is 0 Å². The summed E-state index contributed by atoms with van der Waals surface area (Å²) >= 11 is 1.19. The van der Waals surface area contributed by atoms with Crippen molar-refractivity contribution in [1.82, 2.24) is 9.55 Å². The SMILES string of the molecule is Cc1ccc2c(COC(=O)c3sc4nc5n(c(=O)c4c3C)CCCCC5)cc(=O)oc2c1C. The average molecular weight is 465 g/mol. The van der Waals surface area contributed by atoms with E-state index in [-0.39, 0.29) is 12.2 Å². The Morgan fingerprint density at radius 3 is 2.79 bits per heavy atom. The number of aromatic nitrogens is 2. The average Bonchev–Trinajstić information content (AvgIpc) is 2.95. The normalized spacial score (nSPS) is 13.8. The summed E-state index contributed by atoms with van der Waals surface area (Å²) < 4.78 is 12.7. The molecule has 0 saturated carbocycles. The Kier molecular flexibility index (Phi) is 5.40. The minimum Gasteiger partial charge on any atom is -0.457 e. The minimum absolute atomic E-state index is 0.0694. The summed E-state index contributed by atoms with van der Waals surface area (Å²) in [6.07, 6.45) is 3.81. The van der Waals surface area contributed by atoms with Crippen LogP contribution in [0, 0.1) is 20.8 Å². The molecule has 8 heteroatoms. The summed E-state index contributed by atoms with van der Waals surface area (Å²) in [5.74, 6) is 0.264. The molecule has 0 spiro atoms. The molecule has 0 amide bonds. The van der Waals surface area contributed by atoms with Crippen LogP contribution in [0.2, 0.25) is 0 Å². The highest BCUT2D eigenvalue weighted by Gasteiger charge is 2.23. The number of hydrogen-bond acceptors (Lipinski definition) is 7. The van der Waals surface area contributed by atoms with E-state index < -0.39 is 11.6 Å². The topological polar surface area (TPSA) is 91.4 Å². The van der Waals surface area contributed by atoms with Crippen molar-refractivity contribution in [3.05, 3.63) is 71.9 Å². The fourth-order valence-corrected chi connectivity index (χ4v) is 5.54. The third-order valence-corrected chi connectivity index (χ3v) is 7.64. The first-order valence-corrected chi connectivity index (χ1v) is 11.9. The molecule has 1 aromatic carbocycles. The number of fused-ring (bicyclic) bond motifs is 3. The summed E-state index contributed by atoms with van der Waals surface area (Å²) in [7, 11) is 0. The van der Waals surface area contributed by atoms with E-state index in [1.165, 1.54) is 17.4 Å². The molecule has 4 aromatic rings. The Balaban J connectivity index is 1.49. The molecule has 3 aromatic heterocycles. The minimum atomic E-state index is -0.527. The van der Waals surface area contributed by atoms with Crippen LogP contribution < -0.4 is 11.2 Å². The smallest absolute Gasteiger partial charge is 0.349 e. The zero-order valence-electron chi connectivity index (χ0n) is 18.8. The van der Waals surface area contributed by atoms with E-state index in [1.807, 2.05) is 26.0 Å². The van der Waals surface area contributed by atoms with Crippen LogP contribution in [0.25, 0.3) is 21.2 Å². The van der Waals surface area contributed by atoms with Crippen LogP contribution in [0.15, 0.2) is 32.2 Å². The first kappa shape index (κ1) is 21.6. The fraction of sp³-hybridized carbons (Fsp3) is 0.360. The fourth-order valence-electron chi connectivity index (χ4n) is 4.46. The zero-order valence-corrected chi connectivity index (χ0v) is 19.6. The highest BCUT2D eigenvalue weighted by Crippen LogP contribution is 2.30. The van der Waals surface area contributed by atoms with Gasteiger partial charge in [0.1, 0.15) is 27.7 Å². The summed E-state index contributed by atoms with van der Waals surface area (Å²) in [5, 5.41) is 1.23. The van der Waals surface area contributed by atoms with Gasteiger partial charge in [-0.3, -0.25) is 9.36 Å². The summed E-state index contributed by atoms with van der Waals surface area (Å²) in [4.78, 5) is 43.9. The van der Waals surface area contributed by atoms with E-state index in [9.17, 15) is 14.4 Å². The predicted octanol–water partition coefficient (Wildman–Crippen LogP) is 4.57. The van der Waals surface area contributed by atoms with Crippen molar-refractivity contribution in [2.24, 2.45) is 0 Å². The van der Waals surface area contributed by atoms with Crippen LogP contribution in [-0.2, 0) is 24.3 Å². The second-order valence-electron chi connectivity index (χ2n) is 8.58. The number of carbonyl (C=O) groups is 1. The lowest BCUT2D eigenvalue weighted by Crippen LogP contribution is -2.24. The number of carbonyl (C=O) groups excluding carboxylic acids is 1. The van der Waals surface area contributed by atoms with Gasteiger partial charge in [0, 0.05) is 30.0 Å². The van der Waals surface area contributed by atoms with Crippen molar-refractivity contribution in [2.75, 3.05) is 0 Å². The lowest BCUT2D eigenvalue weighted by molar-refractivity contribution is 0.0479. The van der Waals surface area contributed by atoms with E-state index in [0.717, 1.165) is 48.0 Å². The maximum absolute atomic E-state index is 13.1.